The van der Waals surface area contributed by atoms with E-state index >= 15 is 0 Å². The smallest absolute Gasteiger partial charge is 0.258 e. The average Bonchev–Trinajstić information content (AvgIpc) is 2.61. The summed E-state index contributed by atoms with van der Waals surface area (Å²) in [4.78, 5) is 14.8. The second-order valence-electron chi connectivity index (χ2n) is 5.70. The van der Waals surface area contributed by atoms with Crippen LogP contribution in [0, 0.1) is 0 Å². The molecule has 1 aliphatic rings. The number of nitrogen functional groups attached to an aromatic ring is 1. The van der Waals surface area contributed by atoms with Gasteiger partial charge in [0.2, 0.25) is 0 Å². The quantitative estimate of drug-likeness (QED) is 0.876. The molecule has 5 heteroatoms. The van der Waals surface area contributed by atoms with Gasteiger partial charge in [-0.05, 0) is 55.7 Å². The maximum absolute atomic E-state index is 13.0. The number of amides is 1. The van der Waals surface area contributed by atoms with Crippen LogP contribution in [0.4, 0.5) is 11.4 Å². The van der Waals surface area contributed by atoms with Gasteiger partial charge in [0.25, 0.3) is 5.91 Å². The van der Waals surface area contributed by atoms with Crippen LogP contribution in [0.5, 0.6) is 11.5 Å². The van der Waals surface area contributed by atoms with Gasteiger partial charge in [-0.2, -0.15) is 0 Å². The van der Waals surface area contributed by atoms with Crippen LogP contribution in [0.3, 0.4) is 0 Å². The molecule has 1 amide bonds. The van der Waals surface area contributed by atoms with Crippen molar-refractivity contribution in [1.82, 2.24) is 0 Å². The van der Waals surface area contributed by atoms with Crippen molar-refractivity contribution in [2.24, 2.45) is 0 Å². The van der Waals surface area contributed by atoms with Gasteiger partial charge in [0.15, 0.2) is 11.5 Å². The van der Waals surface area contributed by atoms with Crippen LogP contribution in [0.25, 0.3) is 0 Å². The number of ether oxygens (including phenoxy) is 2. The van der Waals surface area contributed by atoms with Gasteiger partial charge in [-0.25, -0.2) is 0 Å². The molecule has 0 aliphatic carbocycles. The second-order valence-corrected chi connectivity index (χ2v) is 5.70. The standard InChI is InChI=1S/C19H22N2O3/c1-3-24-17-10-9-13(12-18(17)23-2)19(22)21-11-5-6-14-15(20)7-4-8-16(14)21/h4,7-10,12H,3,5-6,11,20H2,1-2H3. The second kappa shape index (κ2) is 6.83. The first-order chi connectivity index (χ1) is 11.7. The Morgan fingerprint density at radius 3 is 2.83 bits per heavy atom. The van der Waals surface area contributed by atoms with Gasteiger partial charge in [0.05, 0.1) is 13.7 Å². The van der Waals surface area contributed by atoms with Crippen LogP contribution in [0.15, 0.2) is 36.4 Å². The molecule has 0 bridgehead atoms. The Labute approximate surface area is 142 Å². The Kier molecular flexibility index (Phi) is 4.60. The van der Waals surface area contributed by atoms with Crippen molar-refractivity contribution in [3.8, 4) is 11.5 Å². The van der Waals surface area contributed by atoms with Gasteiger partial charge in [0, 0.05) is 23.5 Å². The van der Waals surface area contributed by atoms with E-state index in [-0.39, 0.29) is 5.91 Å². The van der Waals surface area contributed by atoms with Gasteiger partial charge in [-0.15, -0.1) is 0 Å². The number of benzene rings is 2. The number of hydrogen-bond acceptors (Lipinski definition) is 4. The van der Waals surface area contributed by atoms with Crippen LogP contribution < -0.4 is 20.1 Å². The van der Waals surface area contributed by atoms with Crippen molar-refractivity contribution in [2.45, 2.75) is 19.8 Å². The number of carbonyl (C=O) groups is 1. The van der Waals surface area contributed by atoms with Crippen molar-refractivity contribution in [1.29, 1.82) is 0 Å². The largest absolute Gasteiger partial charge is 0.493 e. The summed E-state index contributed by atoms with van der Waals surface area (Å²) in [6.07, 6.45) is 1.81. The molecule has 2 N–H and O–H groups in total. The Bertz CT molecular complexity index is 758. The Balaban J connectivity index is 1.95. The first-order valence-electron chi connectivity index (χ1n) is 8.15. The molecular formula is C19H22N2O3. The van der Waals surface area contributed by atoms with E-state index in [1.807, 2.05) is 25.1 Å². The van der Waals surface area contributed by atoms with Crippen molar-refractivity contribution in [3.63, 3.8) is 0 Å². The lowest BCUT2D eigenvalue weighted by atomic mass is 9.99. The summed E-state index contributed by atoms with van der Waals surface area (Å²) in [6, 6.07) is 11.0. The molecule has 24 heavy (non-hydrogen) atoms. The van der Waals surface area contributed by atoms with E-state index < -0.39 is 0 Å². The lowest BCUT2D eigenvalue weighted by molar-refractivity contribution is 0.0984. The lowest BCUT2D eigenvalue weighted by Crippen LogP contribution is -2.35. The minimum Gasteiger partial charge on any atom is -0.493 e. The van der Waals surface area contributed by atoms with Gasteiger partial charge in [0.1, 0.15) is 0 Å². The number of anilines is 2. The predicted octanol–water partition coefficient (Wildman–Crippen LogP) is 3.27. The van der Waals surface area contributed by atoms with Gasteiger partial charge in [-0.1, -0.05) is 6.07 Å². The molecule has 5 nitrogen and oxygen atoms in total. The maximum Gasteiger partial charge on any atom is 0.258 e. The first kappa shape index (κ1) is 16.2. The molecule has 0 saturated heterocycles. The normalized spacial score (nSPS) is 13.3. The fourth-order valence-corrected chi connectivity index (χ4v) is 3.09. The van der Waals surface area contributed by atoms with Gasteiger partial charge < -0.3 is 20.1 Å². The molecule has 2 aromatic rings. The van der Waals surface area contributed by atoms with E-state index in [0.717, 1.165) is 29.8 Å². The van der Waals surface area contributed by atoms with Crippen LogP contribution in [-0.4, -0.2) is 26.2 Å². The predicted molar refractivity (Wildman–Crippen MR) is 95.0 cm³/mol. The summed E-state index contributed by atoms with van der Waals surface area (Å²) in [5, 5.41) is 0. The Hall–Kier alpha value is -2.69. The highest BCUT2D eigenvalue weighted by Crippen LogP contribution is 2.34. The fourth-order valence-electron chi connectivity index (χ4n) is 3.09. The molecule has 0 fully saturated rings. The van der Waals surface area contributed by atoms with Crippen molar-refractivity contribution in [2.75, 3.05) is 30.9 Å². The van der Waals surface area contributed by atoms with Crippen molar-refractivity contribution < 1.29 is 14.3 Å². The highest BCUT2D eigenvalue weighted by molar-refractivity contribution is 6.07. The molecule has 0 aromatic heterocycles. The maximum atomic E-state index is 13.0. The highest BCUT2D eigenvalue weighted by Gasteiger charge is 2.25. The highest BCUT2D eigenvalue weighted by atomic mass is 16.5. The molecule has 0 atom stereocenters. The number of fused-ring (bicyclic) bond motifs is 1. The monoisotopic (exact) mass is 326 g/mol. The zero-order chi connectivity index (χ0) is 17.1. The minimum atomic E-state index is -0.0529. The number of nitrogens with two attached hydrogens (primary N) is 1. The molecular weight excluding hydrogens is 304 g/mol. The van der Waals surface area contributed by atoms with E-state index in [2.05, 4.69) is 0 Å². The van der Waals surface area contributed by atoms with Crippen molar-refractivity contribution in [3.05, 3.63) is 47.5 Å². The number of methoxy groups -OCH3 is 1. The van der Waals surface area contributed by atoms with E-state index in [9.17, 15) is 4.79 Å². The zero-order valence-corrected chi connectivity index (χ0v) is 14.0. The third-order valence-electron chi connectivity index (χ3n) is 4.24. The Morgan fingerprint density at radius 2 is 2.08 bits per heavy atom. The Morgan fingerprint density at radius 1 is 1.25 bits per heavy atom. The van der Waals surface area contributed by atoms with E-state index in [0.29, 0.717) is 30.2 Å². The third kappa shape index (κ3) is 2.89. The van der Waals surface area contributed by atoms with Crippen LogP contribution in [0.2, 0.25) is 0 Å². The molecule has 0 spiro atoms. The molecule has 1 heterocycles. The fraction of sp³-hybridized carbons (Fsp3) is 0.316. The van der Waals surface area contributed by atoms with Crippen LogP contribution in [0.1, 0.15) is 29.3 Å². The number of hydrogen-bond donors (Lipinski definition) is 1. The first-order valence-corrected chi connectivity index (χ1v) is 8.15. The van der Waals surface area contributed by atoms with Crippen LogP contribution in [-0.2, 0) is 6.42 Å². The summed E-state index contributed by atoms with van der Waals surface area (Å²) < 4.78 is 10.9. The number of carbonyl (C=O) groups excluding carboxylic acids is 1. The summed E-state index contributed by atoms with van der Waals surface area (Å²) in [7, 11) is 1.57. The third-order valence-corrected chi connectivity index (χ3v) is 4.24. The molecule has 0 radical (unpaired) electrons. The summed E-state index contributed by atoms with van der Waals surface area (Å²) in [5.41, 5.74) is 9.34. The van der Waals surface area contributed by atoms with Gasteiger partial charge in [-0.3, -0.25) is 4.79 Å². The molecule has 2 aromatic carbocycles. The van der Waals surface area contributed by atoms with Crippen LogP contribution >= 0.6 is 0 Å². The summed E-state index contributed by atoms with van der Waals surface area (Å²) in [6.45, 7) is 3.14. The molecule has 1 aliphatic heterocycles. The number of rotatable bonds is 4. The topological polar surface area (TPSA) is 64.8 Å². The average molecular weight is 326 g/mol. The molecule has 3 rings (SSSR count). The van der Waals surface area contributed by atoms with E-state index in [1.54, 1.807) is 30.2 Å². The van der Waals surface area contributed by atoms with E-state index in [1.165, 1.54) is 0 Å². The van der Waals surface area contributed by atoms with Gasteiger partial charge >= 0.3 is 0 Å². The number of nitrogens with zero attached hydrogens (tertiary/aromatic N) is 1. The lowest BCUT2D eigenvalue weighted by Gasteiger charge is -2.30. The summed E-state index contributed by atoms with van der Waals surface area (Å²) >= 11 is 0. The molecule has 126 valence electrons. The zero-order valence-electron chi connectivity index (χ0n) is 14.0. The van der Waals surface area contributed by atoms with E-state index in [4.69, 9.17) is 15.2 Å². The minimum absolute atomic E-state index is 0.0529. The molecule has 0 unspecified atom stereocenters. The van der Waals surface area contributed by atoms with Crippen molar-refractivity contribution >= 4 is 17.3 Å². The summed E-state index contributed by atoms with van der Waals surface area (Å²) in [5.74, 6) is 1.15. The SMILES string of the molecule is CCOc1ccc(C(=O)N2CCCc3c(N)cccc32)cc1OC. The molecule has 0 saturated carbocycles.